The Labute approximate surface area is 428 Å². The summed E-state index contributed by atoms with van der Waals surface area (Å²) in [5.41, 5.74) is 19.7. The third kappa shape index (κ3) is 7.92. The van der Waals surface area contributed by atoms with Gasteiger partial charge >= 0.3 is 0 Å². The number of nitrogens with zero attached hydrogens (tertiary/aromatic N) is 2. The summed E-state index contributed by atoms with van der Waals surface area (Å²) in [6, 6.07) is 91.0. The molecular weight excluding hydrogens is 885 g/mol. The lowest BCUT2D eigenvalue weighted by Crippen LogP contribution is -2.44. The summed E-state index contributed by atoms with van der Waals surface area (Å²) in [5.74, 6) is 4.09. The molecule has 4 aliphatic carbocycles. The van der Waals surface area contributed by atoms with Gasteiger partial charge in [0.2, 0.25) is 0 Å². The Bertz CT molecular complexity index is 3710. The Morgan fingerprint density at radius 2 is 0.712 bits per heavy atom. The van der Waals surface area contributed by atoms with Crippen molar-refractivity contribution in [1.29, 1.82) is 0 Å². The van der Waals surface area contributed by atoms with Gasteiger partial charge in [0.25, 0.3) is 0 Å². The van der Waals surface area contributed by atoms with Gasteiger partial charge in [0, 0.05) is 51.0 Å². The van der Waals surface area contributed by atoms with E-state index in [1.54, 1.807) is 0 Å². The first kappa shape index (κ1) is 43.4. The van der Waals surface area contributed by atoms with Gasteiger partial charge in [-0.25, -0.2) is 0 Å². The molecule has 0 saturated heterocycles. The first-order valence-electron chi connectivity index (χ1n) is 26.4. The maximum Gasteiger partial charge on any atom is 0.137 e. The van der Waals surface area contributed by atoms with Gasteiger partial charge in [0.15, 0.2) is 0 Å². The first-order chi connectivity index (χ1) is 36.2. The molecule has 3 heteroatoms. The van der Waals surface area contributed by atoms with Crippen molar-refractivity contribution < 1.29 is 4.42 Å². The predicted octanol–water partition coefficient (Wildman–Crippen LogP) is 19.7. The zero-order chi connectivity index (χ0) is 48.2. The molecule has 0 unspecified atom stereocenters. The molecule has 4 saturated carbocycles. The van der Waals surface area contributed by atoms with Crippen LogP contribution in [0.15, 0.2) is 253 Å². The van der Waals surface area contributed by atoms with Crippen LogP contribution in [0.3, 0.4) is 0 Å². The van der Waals surface area contributed by atoms with Crippen molar-refractivity contribution in [3.8, 4) is 44.5 Å². The largest absolute Gasteiger partial charge is 0.456 e. The molecular formula is C70H56N2O. The molecule has 3 nitrogen and oxygen atoms in total. The van der Waals surface area contributed by atoms with Crippen LogP contribution in [0.4, 0.5) is 34.1 Å². The van der Waals surface area contributed by atoms with Crippen molar-refractivity contribution in [2.45, 2.75) is 38.0 Å². The molecule has 1 heterocycles. The van der Waals surface area contributed by atoms with Crippen LogP contribution in [0.25, 0.3) is 66.4 Å². The Kier molecular flexibility index (Phi) is 10.9. The van der Waals surface area contributed by atoms with E-state index in [-0.39, 0.29) is 0 Å². The first-order valence-corrected chi connectivity index (χ1v) is 26.4. The zero-order valence-electron chi connectivity index (χ0n) is 40.9. The summed E-state index contributed by atoms with van der Waals surface area (Å²) in [5, 5.41) is 2.25. The average molecular weight is 941 g/mol. The summed E-state index contributed by atoms with van der Waals surface area (Å²) >= 11 is 0. The third-order valence-electron chi connectivity index (χ3n) is 16.6. The normalized spacial score (nSPS) is 18.8. The smallest absolute Gasteiger partial charge is 0.137 e. The van der Waals surface area contributed by atoms with Crippen LogP contribution in [0.5, 0.6) is 0 Å². The van der Waals surface area contributed by atoms with Crippen LogP contribution in [0, 0.1) is 23.7 Å². The second-order valence-electron chi connectivity index (χ2n) is 20.9. The molecule has 73 heavy (non-hydrogen) atoms. The number of anilines is 6. The van der Waals surface area contributed by atoms with Crippen molar-refractivity contribution in [1.82, 2.24) is 0 Å². The average Bonchev–Trinajstić information content (AvgIpc) is 3.83. The summed E-state index contributed by atoms with van der Waals surface area (Å²) in [6.07, 6.45) is 7.08. The number of rotatable bonds is 11. The van der Waals surface area contributed by atoms with E-state index in [1.807, 2.05) is 12.1 Å². The molecule has 4 aliphatic rings. The van der Waals surface area contributed by atoms with E-state index in [4.69, 9.17) is 4.42 Å². The van der Waals surface area contributed by atoms with E-state index in [1.165, 1.54) is 93.7 Å². The molecule has 0 spiro atoms. The SMILES string of the molecule is c1ccc(-c2cc(-c3ccc(N(c4ccccc4)c4ccccc4C4C5CC6CC(C5)CC4C6)cc3)c(-c3ccccc3)cc2-c2ccc(N(c3ccccc3)c3ccc4c(c3)oc3ccccc34)cc2)cc1. The monoisotopic (exact) mass is 940 g/mol. The summed E-state index contributed by atoms with van der Waals surface area (Å²) < 4.78 is 6.40. The molecule has 4 bridgehead atoms. The van der Waals surface area contributed by atoms with Crippen molar-refractivity contribution in [2.75, 3.05) is 9.80 Å². The molecule has 0 amide bonds. The number of furan rings is 1. The highest BCUT2D eigenvalue weighted by atomic mass is 16.3. The Balaban J connectivity index is 0.870. The third-order valence-corrected chi connectivity index (χ3v) is 16.6. The van der Waals surface area contributed by atoms with Crippen molar-refractivity contribution in [2.24, 2.45) is 23.7 Å². The van der Waals surface area contributed by atoms with Crippen molar-refractivity contribution in [3.05, 3.63) is 254 Å². The highest BCUT2D eigenvalue weighted by Crippen LogP contribution is 2.61. The minimum Gasteiger partial charge on any atom is -0.456 e. The predicted molar refractivity (Wildman–Crippen MR) is 305 cm³/mol. The summed E-state index contributed by atoms with van der Waals surface area (Å²) in [7, 11) is 0. The maximum atomic E-state index is 6.40. The minimum absolute atomic E-state index is 0.621. The number of hydrogen-bond donors (Lipinski definition) is 0. The minimum atomic E-state index is 0.621. The van der Waals surface area contributed by atoms with Gasteiger partial charge in [-0.2, -0.15) is 0 Å². The lowest BCUT2D eigenvalue weighted by molar-refractivity contribution is -0.00259. The zero-order valence-corrected chi connectivity index (χ0v) is 40.9. The Morgan fingerprint density at radius 3 is 1.27 bits per heavy atom. The van der Waals surface area contributed by atoms with Gasteiger partial charge in [-0.15, -0.1) is 0 Å². The van der Waals surface area contributed by atoms with E-state index in [0.29, 0.717) is 5.92 Å². The van der Waals surface area contributed by atoms with Crippen LogP contribution in [0.2, 0.25) is 0 Å². The topological polar surface area (TPSA) is 19.6 Å². The summed E-state index contributed by atoms with van der Waals surface area (Å²) in [6.45, 7) is 0. The van der Waals surface area contributed by atoms with Crippen LogP contribution in [0.1, 0.15) is 43.6 Å². The van der Waals surface area contributed by atoms with Gasteiger partial charge in [0.05, 0.1) is 0 Å². The van der Waals surface area contributed by atoms with E-state index in [9.17, 15) is 0 Å². The lowest BCUT2D eigenvalue weighted by atomic mass is 9.50. The fourth-order valence-corrected chi connectivity index (χ4v) is 13.7. The number of hydrogen-bond acceptors (Lipinski definition) is 3. The Morgan fingerprint density at radius 1 is 0.301 bits per heavy atom. The molecule has 0 N–H and O–H groups in total. The second-order valence-corrected chi connectivity index (χ2v) is 20.9. The van der Waals surface area contributed by atoms with Crippen LogP contribution in [-0.2, 0) is 0 Å². The van der Waals surface area contributed by atoms with Gasteiger partial charge in [0.1, 0.15) is 11.2 Å². The van der Waals surface area contributed by atoms with Crippen molar-refractivity contribution in [3.63, 3.8) is 0 Å². The summed E-state index contributed by atoms with van der Waals surface area (Å²) in [4.78, 5) is 4.85. The van der Waals surface area contributed by atoms with Crippen LogP contribution in [-0.4, -0.2) is 0 Å². The van der Waals surface area contributed by atoms with Gasteiger partial charge in [-0.3, -0.25) is 0 Å². The van der Waals surface area contributed by atoms with Crippen molar-refractivity contribution >= 4 is 56.1 Å². The highest BCUT2D eigenvalue weighted by molar-refractivity contribution is 6.06. The fourth-order valence-electron chi connectivity index (χ4n) is 13.7. The van der Waals surface area contributed by atoms with Gasteiger partial charge in [-0.05, 0) is 197 Å². The fraction of sp³-hybridized carbons (Fsp3) is 0.143. The molecule has 15 rings (SSSR count). The quantitative estimate of drug-likeness (QED) is 0.129. The van der Waals surface area contributed by atoms with Gasteiger partial charge < -0.3 is 14.2 Å². The molecule has 10 aromatic carbocycles. The van der Waals surface area contributed by atoms with E-state index in [0.717, 1.165) is 68.2 Å². The highest BCUT2D eigenvalue weighted by Gasteiger charge is 2.49. The van der Waals surface area contributed by atoms with E-state index >= 15 is 0 Å². The van der Waals surface area contributed by atoms with Crippen LogP contribution < -0.4 is 9.80 Å². The van der Waals surface area contributed by atoms with E-state index < -0.39 is 0 Å². The van der Waals surface area contributed by atoms with Crippen LogP contribution >= 0.6 is 0 Å². The Hall–Kier alpha value is -8.40. The number of para-hydroxylation sites is 4. The molecule has 1 aromatic heterocycles. The lowest BCUT2D eigenvalue weighted by Gasteiger charge is -2.55. The standard InChI is InChI=1S/C70H56N2O/c1-5-17-49(18-6-1)63-46-66(52-31-35-58(36-32-52)72(56-23-11-4-12-24-56)67-27-15-13-26-62(67)70-53-40-47-39-48(42-53)43-54(70)41-47)64(50-19-7-2-8-20-50)45-65(63)51-29-33-57(34-30-51)71(55-21-9-3-10-22-55)59-37-38-61-60-25-14-16-28-68(60)73-69(61)44-59/h1-38,44-48,53-54,70H,39-43H2. The molecule has 11 aromatic rings. The van der Waals surface area contributed by atoms with E-state index in [2.05, 4.69) is 246 Å². The maximum absolute atomic E-state index is 6.40. The molecule has 0 radical (unpaired) electrons. The molecule has 352 valence electrons. The molecule has 4 fully saturated rings. The molecule has 0 aliphatic heterocycles. The van der Waals surface area contributed by atoms with Gasteiger partial charge in [-0.1, -0.05) is 158 Å². The number of benzene rings is 10. The second kappa shape index (κ2) is 18.3. The number of fused-ring (bicyclic) bond motifs is 3. The molecule has 0 atom stereocenters.